The number of nitrogen functional groups attached to an aromatic ring is 1. The second-order valence-corrected chi connectivity index (χ2v) is 9.18. The highest BCUT2D eigenvalue weighted by atomic mass is 16.5. The third-order valence-corrected chi connectivity index (χ3v) is 6.22. The molecule has 0 aliphatic rings. The number of hydrogen-bond donors (Lipinski definition) is 4. The number of aromatic nitrogens is 3. The van der Waals surface area contributed by atoms with Crippen molar-refractivity contribution in [1.29, 1.82) is 0 Å². The predicted octanol–water partition coefficient (Wildman–Crippen LogP) is 3.76. The van der Waals surface area contributed by atoms with Gasteiger partial charge in [0.25, 0.3) is 0 Å². The number of esters is 1. The molecule has 4 aromatic rings. The van der Waals surface area contributed by atoms with Crippen LogP contribution in [0, 0.1) is 20.8 Å². The maximum absolute atomic E-state index is 12.2. The molecule has 0 saturated carbocycles. The van der Waals surface area contributed by atoms with Gasteiger partial charge in [-0.3, -0.25) is 9.59 Å². The highest BCUT2D eigenvalue weighted by molar-refractivity contribution is 5.95. The number of aliphatic carboxylic acids is 1. The number of fused-ring (bicyclic) bond motifs is 1. The van der Waals surface area contributed by atoms with Crippen LogP contribution in [-0.4, -0.2) is 51.2 Å². The number of carbonyl (C=O) groups excluding carboxylic acids is 2. The van der Waals surface area contributed by atoms with Gasteiger partial charge in [-0.2, -0.15) is 5.10 Å². The van der Waals surface area contributed by atoms with Gasteiger partial charge in [-0.15, -0.1) is 0 Å². The van der Waals surface area contributed by atoms with Crippen molar-refractivity contribution >= 4 is 40.6 Å². The molecule has 2 aromatic carbocycles. The van der Waals surface area contributed by atoms with Crippen LogP contribution < -0.4 is 16.4 Å². The maximum atomic E-state index is 12.2. The summed E-state index contributed by atoms with van der Waals surface area (Å²) in [4.78, 5) is 38.5. The third-order valence-electron chi connectivity index (χ3n) is 6.22. The summed E-state index contributed by atoms with van der Waals surface area (Å²) in [5.74, 6) is -0.706. The smallest absolute Gasteiger partial charge is 0.340 e. The minimum absolute atomic E-state index is 0.0322. The van der Waals surface area contributed by atoms with E-state index in [-0.39, 0.29) is 18.3 Å². The van der Waals surface area contributed by atoms with E-state index in [1.54, 1.807) is 36.8 Å². The fraction of sp³-hybridized carbons (Fsp3) is 0.276. The first-order chi connectivity index (χ1) is 19.0. The first-order valence-electron chi connectivity index (χ1n) is 12.7. The van der Waals surface area contributed by atoms with Crippen LogP contribution in [0.15, 0.2) is 48.9 Å². The number of ether oxygens (including phenoxy) is 1. The quantitative estimate of drug-likeness (QED) is 0.190. The van der Waals surface area contributed by atoms with Crippen molar-refractivity contribution < 1.29 is 24.2 Å². The number of anilines is 3. The number of likely N-dealkylation sites (N-methyl/N-ethyl adjacent to an activating group) is 1. The van der Waals surface area contributed by atoms with Gasteiger partial charge < -0.3 is 26.2 Å². The first-order valence-corrected chi connectivity index (χ1v) is 12.7. The Labute approximate surface area is 232 Å². The van der Waals surface area contributed by atoms with E-state index in [0.717, 1.165) is 33.5 Å². The number of nitrogens with one attached hydrogen (secondary N) is 2. The molecule has 0 radical (unpaired) electrons. The molecule has 0 spiro atoms. The van der Waals surface area contributed by atoms with E-state index in [2.05, 4.69) is 20.7 Å². The molecule has 210 valence electrons. The van der Waals surface area contributed by atoms with Crippen molar-refractivity contribution in [2.45, 2.75) is 40.5 Å². The molecule has 4 rings (SSSR count). The van der Waals surface area contributed by atoms with Gasteiger partial charge >= 0.3 is 11.9 Å². The Morgan fingerprint density at radius 1 is 1.02 bits per heavy atom. The number of carboxylic acid groups (broad SMARTS) is 1. The van der Waals surface area contributed by atoms with Crippen molar-refractivity contribution in [2.75, 3.05) is 24.7 Å². The van der Waals surface area contributed by atoms with Gasteiger partial charge in [-0.05, 0) is 67.6 Å². The van der Waals surface area contributed by atoms with Crippen LogP contribution in [0.3, 0.4) is 0 Å². The predicted molar refractivity (Wildman–Crippen MR) is 153 cm³/mol. The number of carbonyl (C=O) groups is 3. The summed E-state index contributed by atoms with van der Waals surface area (Å²) < 4.78 is 6.73. The lowest BCUT2D eigenvalue weighted by atomic mass is 10.1. The van der Waals surface area contributed by atoms with Crippen molar-refractivity contribution in [2.24, 2.45) is 0 Å². The number of carboxylic acids is 1. The Morgan fingerprint density at radius 2 is 1.70 bits per heavy atom. The number of nitrogens with zero attached hydrogens (tertiary/aromatic N) is 3. The molecule has 1 amide bonds. The van der Waals surface area contributed by atoms with Crippen LogP contribution in [-0.2, 0) is 27.2 Å². The number of nitrogens with two attached hydrogens (primary N) is 1. The fourth-order valence-electron chi connectivity index (χ4n) is 3.96. The van der Waals surface area contributed by atoms with Gasteiger partial charge in [0.15, 0.2) is 5.82 Å². The summed E-state index contributed by atoms with van der Waals surface area (Å²) in [7, 11) is 1.61. The summed E-state index contributed by atoms with van der Waals surface area (Å²) in [6.45, 7) is 7.77. The topological polar surface area (TPSA) is 161 Å². The lowest BCUT2D eigenvalue weighted by Crippen LogP contribution is -2.19. The number of benzene rings is 2. The van der Waals surface area contributed by atoms with Crippen LogP contribution in [0.5, 0.6) is 0 Å². The Hall–Kier alpha value is -4.93. The van der Waals surface area contributed by atoms with Crippen LogP contribution in [0.25, 0.3) is 5.52 Å². The average molecular weight is 547 g/mol. The number of rotatable bonds is 8. The summed E-state index contributed by atoms with van der Waals surface area (Å²) >= 11 is 0. The summed E-state index contributed by atoms with van der Waals surface area (Å²) in [6, 6.07) is 11.1. The van der Waals surface area contributed by atoms with Crippen molar-refractivity contribution in [3.05, 3.63) is 82.3 Å². The van der Waals surface area contributed by atoms with Gasteiger partial charge in [-0.1, -0.05) is 24.3 Å². The van der Waals surface area contributed by atoms with E-state index in [9.17, 15) is 14.4 Å². The molecule has 2 heterocycles. The molecule has 0 fully saturated rings. The highest BCUT2D eigenvalue weighted by Crippen LogP contribution is 2.28. The molecule has 0 unspecified atom stereocenters. The largest absolute Gasteiger partial charge is 0.481 e. The molecule has 0 atom stereocenters. The van der Waals surface area contributed by atoms with E-state index in [1.807, 2.05) is 45.0 Å². The number of amides is 1. The number of aryl methyl sites for hydroxylation is 3. The zero-order valence-corrected chi connectivity index (χ0v) is 23.2. The lowest BCUT2D eigenvalue weighted by molar-refractivity contribution is -0.136. The normalized spacial score (nSPS) is 10.4. The minimum Gasteiger partial charge on any atom is -0.481 e. The van der Waals surface area contributed by atoms with Crippen LogP contribution in [0.4, 0.5) is 17.2 Å². The summed E-state index contributed by atoms with van der Waals surface area (Å²) in [6.07, 6.45) is 3.39. The Morgan fingerprint density at radius 3 is 2.33 bits per heavy atom. The Balaban J connectivity index is 0.000000307. The molecule has 0 aliphatic carbocycles. The third kappa shape index (κ3) is 7.34. The zero-order chi connectivity index (χ0) is 29.4. The van der Waals surface area contributed by atoms with Gasteiger partial charge in [0.05, 0.1) is 25.0 Å². The molecular weight excluding hydrogens is 512 g/mol. The number of hydrogen-bond acceptors (Lipinski definition) is 8. The molecule has 5 N–H and O–H groups in total. The van der Waals surface area contributed by atoms with Crippen molar-refractivity contribution in [1.82, 2.24) is 19.9 Å². The van der Waals surface area contributed by atoms with Crippen LogP contribution >= 0.6 is 0 Å². The van der Waals surface area contributed by atoms with Crippen LogP contribution in [0.1, 0.15) is 45.1 Å². The summed E-state index contributed by atoms with van der Waals surface area (Å²) in [5.41, 5.74) is 12.6. The van der Waals surface area contributed by atoms with E-state index in [1.165, 1.54) is 6.33 Å². The molecule has 11 heteroatoms. The molecule has 40 heavy (non-hydrogen) atoms. The monoisotopic (exact) mass is 546 g/mol. The van der Waals surface area contributed by atoms with Crippen molar-refractivity contribution in [3.8, 4) is 0 Å². The van der Waals surface area contributed by atoms with Gasteiger partial charge in [0, 0.05) is 24.6 Å². The van der Waals surface area contributed by atoms with E-state index < -0.39 is 5.97 Å². The molecule has 2 aromatic heterocycles. The van der Waals surface area contributed by atoms with Gasteiger partial charge in [0.2, 0.25) is 5.91 Å². The minimum atomic E-state index is -0.835. The molecule has 0 bridgehead atoms. The lowest BCUT2D eigenvalue weighted by Gasteiger charge is -2.12. The van der Waals surface area contributed by atoms with Gasteiger partial charge in [0.1, 0.15) is 11.8 Å². The molecular formula is C29H34N6O5. The standard InChI is InChI=1S/C20H23N5O3.C9H11NO2/c1-5-28-20(27)15-10-25-18(13(15)3)19(22-11-23-25)24-16-8-14(7-6-12(16)2)9-17(26)21-4;1-6-2-3-7(4-8(6)10)5-9(11)12/h6-8,10-11H,5,9H2,1-4H3,(H,21,26)(H,22,23,24);2-4H,5,10H2,1H3,(H,11,12). The molecule has 0 saturated heterocycles. The Kier molecular flexibility index (Phi) is 9.80. The second kappa shape index (κ2) is 13.2. The second-order valence-electron chi connectivity index (χ2n) is 9.18. The van der Waals surface area contributed by atoms with E-state index in [4.69, 9.17) is 15.6 Å². The Bertz CT molecular complexity index is 1550. The van der Waals surface area contributed by atoms with E-state index >= 15 is 0 Å². The van der Waals surface area contributed by atoms with Crippen molar-refractivity contribution in [3.63, 3.8) is 0 Å². The van der Waals surface area contributed by atoms with Crippen LogP contribution in [0.2, 0.25) is 0 Å². The SMILES string of the molecule is CCOC(=O)c1cn2ncnc(Nc3cc(CC(=O)NC)ccc3C)c2c1C.Cc1ccc(CC(=O)O)cc1N. The molecule has 11 nitrogen and oxygen atoms in total. The fourth-order valence-corrected chi connectivity index (χ4v) is 3.96. The van der Waals surface area contributed by atoms with Gasteiger partial charge in [-0.25, -0.2) is 14.3 Å². The summed E-state index contributed by atoms with van der Waals surface area (Å²) in [5, 5.41) is 18.6. The highest BCUT2D eigenvalue weighted by Gasteiger charge is 2.19. The average Bonchev–Trinajstić information content (AvgIpc) is 3.25. The first kappa shape index (κ1) is 29.6. The zero-order valence-electron chi connectivity index (χ0n) is 23.2. The maximum Gasteiger partial charge on any atom is 0.340 e. The van der Waals surface area contributed by atoms with E-state index in [0.29, 0.717) is 35.6 Å². The molecule has 0 aliphatic heterocycles.